The van der Waals surface area contributed by atoms with Crippen molar-refractivity contribution in [1.82, 2.24) is 9.88 Å². The normalized spacial score (nSPS) is 13.9. The zero-order chi connectivity index (χ0) is 19.6. The predicted molar refractivity (Wildman–Crippen MR) is 106 cm³/mol. The molecule has 0 saturated carbocycles. The van der Waals surface area contributed by atoms with Gasteiger partial charge in [0.15, 0.2) is 5.13 Å². The maximum atomic E-state index is 12.4. The quantitative estimate of drug-likeness (QED) is 0.855. The number of ether oxygens (including phenoxy) is 1. The number of thiazole rings is 1. The largest absolute Gasteiger partial charge is 0.444 e. The van der Waals surface area contributed by atoms with Gasteiger partial charge in [0, 0.05) is 23.4 Å². The third-order valence-corrected chi connectivity index (χ3v) is 5.23. The van der Waals surface area contributed by atoms with Gasteiger partial charge in [-0.2, -0.15) is 0 Å². The van der Waals surface area contributed by atoms with Crippen LogP contribution >= 0.6 is 11.3 Å². The number of hydrogen-bond acceptors (Lipinski definition) is 5. The van der Waals surface area contributed by atoms with Crippen LogP contribution in [0.3, 0.4) is 0 Å². The van der Waals surface area contributed by atoms with E-state index in [0.29, 0.717) is 30.2 Å². The lowest BCUT2D eigenvalue weighted by Crippen LogP contribution is -2.39. The van der Waals surface area contributed by atoms with Crippen molar-refractivity contribution in [3.63, 3.8) is 0 Å². The van der Waals surface area contributed by atoms with Gasteiger partial charge in [-0.3, -0.25) is 10.1 Å². The smallest absolute Gasteiger partial charge is 0.410 e. The number of nitrogens with one attached hydrogen (secondary N) is 1. The van der Waals surface area contributed by atoms with Gasteiger partial charge >= 0.3 is 6.09 Å². The van der Waals surface area contributed by atoms with Crippen molar-refractivity contribution in [3.8, 4) is 0 Å². The zero-order valence-electron chi connectivity index (χ0n) is 16.2. The van der Waals surface area contributed by atoms with Crippen LogP contribution in [0.2, 0.25) is 0 Å². The average Bonchev–Trinajstić information content (AvgIpc) is 3.01. The first-order valence-electron chi connectivity index (χ1n) is 9.12. The number of rotatable bonds is 3. The fraction of sp³-hybridized carbons (Fsp3) is 0.450. The minimum atomic E-state index is -0.516. The van der Waals surface area contributed by atoms with Crippen LogP contribution in [0.1, 0.15) is 54.2 Å². The Balaban J connectivity index is 1.65. The molecule has 0 spiro atoms. The summed E-state index contributed by atoms with van der Waals surface area (Å²) >= 11 is 1.41. The van der Waals surface area contributed by atoms with Crippen molar-refractivity contribution in [3.05, 3.63) is 46.0 Å². The molecule has 0 fully saturated rings. The number of amides is 2. The number of nitrogens with zero attached hydrogens (tertiary/aromatic N) is 2. The third-order valence-electron chi connectivity index (χ3n) is 4.23. The van der Waals surface area contributed by atoms with E-state index in [1.807, 2.05) is 45.0 Å². The molecule has 2 amide bonds. The lowest BCUT2D eigenvalue weighted by atomic mass is 10.1. The summed E-state index contributed by atoms with van der Waals surface area (Å²) in [6.07, 6.45) is 1.28. The number of benzene rings is 1. The molecule has 27 heavy (non-hydrogen) atoms. The van der Waals surface area contributed by atoms with Gasteiger partial charge in [0.1, 0.15) is 5.60 Å². The summed E-state index contributed by atoms with van der Waals surface area (Å²) in [6.45, 7) is 8.67. The second kappa shape index (κ2) is 7.68. The molecule has 2 heterocycles. The van der Waals surface area contributed by atoms with Gasteiger partial charge < -0.3 is 9.64 Å². The maximum Gasteiger partial charge on any atom is 0.410 e. The Morgan fingerprint density at radius 2 is 1.96 bits per heavy atom. The topological polar surface area (TPSA) is 71.5 Å². The first-order valence-corrected chi connectivity index (χ1v) is 9.93. The van der Waals surface area contributed by atoms with Crippen molar-refractivity contribution in [2.45, 2.75) is 52.7 Å². The molecule has 3 rings (SSSR count). The van der Waals surface area contributed by atoms with Crippen LogP contribution in [-0.2, 0) is 24.1 Å². The van der Waals surface area contributed by atoms with E-state index in [1.165, 1.54) is 16.9 Å². The highest BCUT2D eigenvalue weighted by Crippen LogP contribution is 2.29. The SMILES string of the molecule is CCc1ccc(C(=O)Nc2nc3c(s2)CN(C(=O)OC(C)(C)C)CC3)cc1. The molecule has 0 aliphatic carbocycles. The zero-order valence-corrected chi connectivity index (χ0v) is 17.0. The first kappa shape index (κ1) is 19.4. The highest BCUT2D eigenvalue weighted by molar-refractivity contribution is 7.15. The molecule has 1 aliphatic rings. The lowest BCUT2D eigenvalue weighted by molar-refractivity contribution is 0.0225. The minimum Gasteiger partial charge on any atom is -0.444 e. The van der Waals surface area contributed by atoms with E-state index >= 15 is 0 Å². The second-order valence-corrected chi connectivity index (χ2v) is 8.63. The van der Waals surface area contributed by atoms with Gasteiger partial charge in [-0.15, -0.1) is 0 Å². The van der Waals surface area contributed by atoms with Crippen LogP contribution in [0, 0.1) is 0 Å². The molecule has 0 bridgehead atoms. The number of aromatic nitrogens is 1. The molecule has 7 heteroatoms. The van der Waals surface area contributed by atoms with Gasteiger partial charge in [-0.1, -0.05) is 30.4 Å². The van der Waals surface area contributed by atoms with E-state index < -0.39 is 5.60 Å². The van der Waals surface area contributed by atoms with E-state index in [0.717, 1.165) is 17.0 Å². The monoisotopic (exact) mass is 387 g/mol. The standard InChI is InChI=1S/C20H25N3O3S/c1-5-13-6-8-14(9-7-13)17(24)22-18-21-15-10-11-23(12-16(15)27-18)19(25)26-20(2,3)4/h6-9H,5,10-12H2,1-4H3,(H,21,22,24). The molecule has 0 saturated heterocycles. The predicted octanol–water partition coefficient (Wildman–Crippen LogP) is 4.25. The minimum absolute atomic E-state index is 0.173. The highest BCUT2D eigenvalue weighted by atomic mass is 32.1. The molecule has 0 unspecified atom stereocenters. The van der Waals surface area contributed by atoms with Gasteiger partial charge in [0.2, 0.25) is 0 Å². The Morgan fingerprint density at radius 3 is 2.59 bits per heavy atom. The molecule has 144 valence electrons. The fourth-order valence-corrected chi connectivity index (χ4v) is 3.81. The Labute approximate surface area is 163 Å². The third kappa shape index (κ3) is 4.86. The highest BCUT2D eigenvalue weighted by Gasteiger charge is 2.28. The molecule has 0 atom stereocenters. The Bertz CT molecular complexity index is 837. The molecular weight excluding hydrogens is 362 g/mol. The summed E-state index contributed by atoms with van der Waals surface area (Å²) in [7, 11) is 0. The Kier molecular flexibility index (Phi) is 5.51. The van der Waals surface area contributed by atoms with E-state index in [-0.39, 0.29) is 12.0 Å². The van der Waals surface area contributed by atoms with Gasteiger partial charge in [0.25, 0.3) is 5.91 Å². The van der Waals surface area contributed by atoms with Crippen molar-refractivity contribution in [2.24, 2.45) is 0 Å². The maximum absolute atomic E-state index is 12.4. The number of anilines is 1. The first-order chi connectivity index (χ1) is 12.7. The summed E-state index contributed by atoms with van der Waals surface area (Å²) in [6, 6.07) is 7.57. The molecule has 1 aromatic heterocycles. The van der Waals surface area contributed by atoms with E-state index in [9.17, 15) is 9.59 Å². The van der Waals surface area contributed by atoms with Crippen LogP contribution in [0.4, 0.5) is 9.93 Å². The van der Waals surface area contributed by atoms with Crippen LogP contribution < -0.4 is 5.32 Å². The molecule has 1 N–H and O–H groups in total. The van der Waals surface area contributed by atoms with Crippen LogP contribution in [0.15, 0.2) is 24.3 Å². The van der Waals surface area contributed by atoms with Crippen LogP contribution in [0.25, 0.3) is 0 Å². The van der Waals surface area contributed by atoms with Crippen molar-refractivity contribution >= 4 is 28.5 Å². The van der Waals surface area contributed by atoms with Crippen molar-refractivity contribution in [1.29, 1.82) is 0 Å². The number of hydrogen-bond donors (Lipinski definition) is 1. The summed E-state index contributed by atoms with van der Waals surface area (Å²) < 4.78 is 5.44. The average molecular weight is 388 g/mol. The second-order valence-electron chi connectivity index (χ2n) is 7.55. The van der Waals surface area contributed by atoms with E-state index in [4.69, 9.17) is 4.74 Å². The Morgan fingerprint density at radius 1 is 1.26 bits per heavy atom. The van der Waals surface area contributed by atoms with E-state index in [1.54, 1.807) is 4.90 Å². The molecule has 1 aliphatic heterocycles. The van der Waals surface area contributed by atoms with Crippen molar-refractivity contribution < 1.29 is 14.3 Å². The Hall–Kier alpha value is -2.41. The summed E-state index contributed by atoms with van der Waals surface area (Å²) in [5, 5.41) is 3.43. The molecule has 2 aromatic rings. The van der Waals surface area contributed by atoms with Gasteiger partial charge in [0.05, 0.1) is 12.2 Å². The number of carbonyl (C=O) groups is 2. The molecule has 1 aromatic carbocycles. The van der Waals surface area contributed by atoms with Crippen molar-refractivity contribution in [2.75, 3.05) is 11.9 Å². The summed E-state index contributed by atoms with van der Waals surface area (Å²) in [4.78, 5) is 31.9. The van der Waals surface area contributed by atoms with Crippen LogP contribution in [0.5, 0.6) is 0 Å². The number of aryl methyl sites for hydroxylation is 1. The number of fused-ring (bicyclic) bond motifs is 1. The van der Waals surface area contributed by atoms with Gasteiger partial charge in [-0.05, 0) is 44.9 Å². The van der Waals surface area contributed by atoms with E-state index in [2.05, 4.69) is 17.2 Å². The van der Waals surface area contributed by atoms with Crippen LogP contribution in [-0.4, -0.2) is 34.0 Å². The molecule has 6 nitrogen and oxygen atoms in total. The fourth-order valence-electron chi connectivity index (χ4n) is 2.79. The lowest BCUT2D eigenvalue weighted by Gasteiger charge is -2.29. The molecular formula is C20H25N3O3S. The van der Waals surface area contributed by atoms with Gasteiger partial charge in [-0.25, -0.2) is 9.78 Å². The summed E-state index contributed by atoms with van der Waals surface area (Å²) in [5.74, 6) is -0.173. The molecule has 0 radical (unpaired) electrons. The summed E-state index contributed by atoms with van der Waals surface area (Å²) in [5.41, 5.74) is 2.23. The number of carbonyl (C=O) groups excluding carboxylic acids is 2.